The van der Waals surface area contributed by atoms with E-state index in [1.54, 1.807) is 13.1 Å². The Bertz CT molecular complexity index is 468. The minimum absolute atomic E-state index is 0.268. The highest BCUT2D eigenvalue weighted by Crippen LogP contribution is 2.25. The second-order valence-corrected chi connectivity index (χ2v) is 3.44. The van der Waals surface area contributed by atoms with Gasteiger partial charge in [0.15, 0.2) is 0 Å². The second kappa shape index (κ2) is 4.45. The molecular weight excluding hydrogens is 212 g/mol. The lowest BCUT2D eigenvalue weighted by molar-refractivity contribution is 0.542. The number of halogens is 2. The fourth-order valence-corrected chi connectivity index (χ4v) is 1.68. The minimum Gasteiger partial charge on any atom is -0.472 e. The molecule has 0 aliphatic rings. The molecule has 2 aromatic rings. The third-order valence-corrected chi connectivity index (χ3v) is 2.43. The van der Waals surface area contributed by atoms with Crippen molar-refractivity contribution < 1.29 is 13.2 Å². The van der Waals surface area contributed by atoms with Crippen LogP contribution in [0.5, 0.6) is 0 Å². The van der Waals surface area contributed by atoms with Crippen LogP contribution in [0.2, 0.25) is 0 Å². The highest BCUT2D eigenvalue weighted by atomic mass is 19.1. The van der Waals surface area contributed by atoms with E-state index < -0.39 is 17.7 Å². The zero-order valence-corrected chi connectivity index (χ0v) is 8.71. The fourth-order valence-electron chi connectivity index (χ4n) is 1.68. The summed E-state index contributed by atoms with van der Waals surface area (Å²) >= 11 is 0. The maximum atomic E-state index is 13.6. The monoisotopic (exact) mass is 223 g/mol. The number of hydrogen-bond acceptors (Lipinski definition) is 2. The Hall–Kier alpha value is -1.68. The smallest absolute Gasteiger partial charge is 0.128 e. The average molecular weight is 223 g/mol. The molecule has 1 unspecified atom stereocenters. The Morgan fingerprint density at radius 3 is 2.69 bits per heavy atom. The van der Waals surface area contributed by atoms with Crippen molar-refractivity contribution in [3.63, 3.8) is 0 Å². The molecule has 0 radical (unpaired) electrons. The van der Waals surface area contributed by atoms with Crippen molar-refractivity contribution in [1.29, 1.82) is 0 Å². The minimum atomic E-state index is -0.458. The third kappa shape index (κ3) is 1.97. The first-order chi connectivity index (χ1) is 7.72. The van der Waals surface area contributed by atoms with E-state index in [1.807, 2.05) is 0 Å². The van der Waals surface area contributed by atoms with Gasteiger partial charge in [0.2, 0.25) is 0 Å². The van der Waals surface area contributed by atoms with Crippen LogP contribution in [0, 0.1) is 11.6 Å². The van der Waals surface area contributed by atoms with Gasteiger partial charge in [0.05, 0.1) is 18.6 Å². The Labute approximate surface area is 91.9 Å². The van der Waals surface area contributed by atoms with Crippen molar-refractivity contribution >= 4 is 0 Å². The molecular formula is C12H11F2NO. The lowest BCUT2D eigenvalue weighted by Crippen LogP contribution is -2.18. The summed E-state index contributed by atoms with van der Waals surface area (Å²) in [6, 6.07) is 4.71. The first-order valence-electron chi connectivity index (χ1n) is 4.86. The molecule has 0 saturated heterocycles. The van der Waals surface area contributed by atoms with Gasteiger partial charge in [0.1, 0.15) is 11.6 Å². The summed E-state index contributed by atoms with van der Waals surface area (Å²) in [7, 11) is 1.68. The van der Waals surface area contributed by atoms with Gasteiger partial charge in [-0.05, 0) is 31.3 Å². The Balaban J connectivity index is 2.44. The van der Waals surface area contributed by atoms with Crippen LogP contribution in [-0.4, -0.2) is 7.05 Å². The first-order valence-corrected chi connectivity index (χ1v) is 4.86. The molecule has 1 aromatic heterocycles. The molecule has 0 aliphatic heterocycles. The van der Waals surface area contributed by atoms with Crippen molar-refractivity contribution in [3.05, 3.63) is 59.6 Å². The number of nitrogens with one attached hydrogen (secondary N) is 1. The predicted molar refractivity (Wildman–Crippen MR) is 56.0 cm³/mol. The lowest BCUT2D eigenvalue weighted by Gasteiger charge is -2.15. The number of hydrogen-bond donors (Lipinski definition) is 1. The maximum absolute atomic E-state index is 13.6. The van der Waals surface area contributed by atoms with E-state index in [1.165, 1.54) is 18.6 Å². The van der Waals surface area contributed by atoms with E-state index in [2.05, 4.69) is 5.32 Å². The second-order valence-electron chi connectivity index (χ2n) is 3.44. The van der Waals surface area contributed by atoms with E-state index in [-0.39, 0.29) is 5.56 Å². The van der Waals surface area contributed by atoms with Crippen LogP contribution in [0.25, 0.3) is 0 Å². The van der Waals surface area contributed by atoms with Gasteiger partial charge in [-0.15, -0.1) is 0 Å². The van der Waals surface area contributed by atoms with Gasteiger partial charge in [-0.25, -0.2) is 8.78 Å². The Kier molecular flexibility index (Phi) is 3.01. The van der Waals surface area contributed by atoms with Crippen LogP contribution >= 0.6 is 0 Å². The molecule has 16 heavy (non-hydrogen) atoms. The van der Waals surface area contributed by atoms with Crippen molar-refractivity contribution in [2.45, 2.75) is 6.04 Å². The number of rotatable bonds is 3. The summed E-state index contributed by atoms with van der Waals surface area (Å²) in [6.07, 6.45) is 3.00. The molecule has 2 nitrogen and oxygen atoms in total. The van der Waals surface area contributed by atoms with E-state index >= 15 is 0 Å². The van der Waals surface area contributed by atoms with Gasteiger partial charge >= 0.3 is 0 Å². The highest BCUT2D eigenvalue weighted by Gasteiger charge is 2.17. The van der Waals surface area contributed by atoms with Gasteiger partial charge in [-0.3, -0.25) is 0 Å². The molecule has 0 amide bonds. The largest absolute Gasteiger partial charge is 0.472 e. The summed E-state index contributed by atoms with van der Waals surface area (Å²) in [4.78, 5) is 0. The van der Waals surface area contributed by atoms with Crippen molar-refractivity contribution in [2.75, 3.05) is 7.05 Å². The Morgan fingerprint density at radius 1 is 1.25 bits per heavy atom. The highest BCUT2D eigenvalue weighted by molar-refractivity contribution is 5.31. The molecule has 1 atom stereocenters. The zero-order chi connectivity index (χ0) is 11.5. The van der Waals surface area contributed by atoms with Crippen LogP contribution < -0.4 is 5.32 Å². The first kappa shape index (κ1) is 10.8. The summed E-state index contributed by atoms with van der Waals surface area (Å²) in [5.41, 5.74) is 1.02. The predicted octanol–water partition coefficient (Wildman–Crippen LogP) is 2.87. The molecule has 0 saturated carbocycles. The van der Waals surface area contributed by atoms with Crippen LogP contribution in [0.4, 0.5) is 8.78 Å². The molecule has 0 spiro atoms. The topological polar surface area (TPSA) is 25.2 Å². The molecule has 1 aromatic carbocycles. The molecule has 0 bridgehead atoms. The third-order valence-electron chi connectivity index (χ3n) is 2.43. The Morgan fingerprint density at radius 2 is 2.06 bits per heavy atom. The average Bonchev–Trinajstić information content (AvgIpc) is 2.78. The molecule has 84 valence electrons. The summed E-state index contributed by atoms with van der Waals surface area (Å²) in [6.45, 7) is 0. The SMILES string of the molecule is CNC(c1ccoc1)c1cc(F)ccc1F. The van der Waals surface area contributed by atoms with Crippen molar-refractivity contribution in [3.8, 4) is 0 Å². The molecule has 1 heterocycles. The van der Waals surface area contributed by atoms with Gasteiger partial charge in [-0.1, -0.05) is 0 Å². The van der Waals surface area contributed by atoms with E-state index in [0.29, 0.717) is 0 Å². The van der Waals surface area contributed by atoms with Gasteiger partial charge in [0.25, 0.3) is 0 Å². The number of furan rings is 1. The van der Waals surface area contributed by atoms with E-state index in [0.717, 1.165) is 17.7 Å². The molecule has 0 aliphatic carbocycles. The summed E-state index contributed by atoms with van der Waals surface area (Å²) < 4.78 is 31.6. The molecule has 0 fully saturated rings. The molecule has 2 rings (SSSR count). The van der Waals surface area contributed by atoms with Gasteiger partial charge in [-0.2, -0.15) is 0 Å². The van der Waals surface area contributed by atoms with Crippen LogP contribution in [0.3, 0.4) is 0 Å². The van der Waals surface area contributed by atoms with Crippen LogP contribution in [0.15, 0.2) is 41.2 Å². The van der Waals surface area contributed by atoms with Crippen LogP contribution in [0.1, 0.15) is 17.2 Å². The zero-order valence-electron chi connectivity index (χ0n) is 8.71. The molecule has 1 N–H and O–H groups in total. The fraction of sp³-hybridized carbons (Fsp3) is 0.167. The van der Waals surface area contributed by atoms with Crippen LogP contribution in [-0.2, 0) is 0 Å². The normalized spacial score (nSPS) is 12.7. The van der Waals surface area contributed by atoms with Gasteiger partial charge < -0.3 is 9.73 Å². The maximum Gasteiger partial charge on any atom is 0.128 e. The standard InChI is InChI=1S/C12H11F2NO/c1-15-12(8-4-5-16-7-8)10-6-9(13)2-3-11(10)14/h2-7,12,15H,1H3. The summed E-state index contributed by atoms with van der Waals surface area (Å²) in [5.74, 6) is -0.901. The summed E-state index contributed by atoms with van der Waals surface area (Å²) in [5, 5.41) is 2.92. The molecule has 4 heteroatoms. The quantitative estimate of drug-likeness (QED) is 0.865. The number of benzene rings is 1. The lowest BCUT2D eigenvalue weighted by atomic mass is 10.0. The van der Waals surface area contributed by atoms with Crippen molar-refractivity contribution in [1.82, 2.24) is 5.32 Å². The van der Waals surface area contributed by atoms with E-state index in [4.69, 9.17) is 4.42 Å². The van der Waals surface area contributed by atoms with Crippen molar-refractivity contribution in [2.24, 2.45) is 0 Å². The van der Waals surface area contributed by atoms with E-state index in [9.17, 15) is 8.78 Å². The van der Waals surface area contributed by atoms with Gasteiger partial charge in [0, 0.05) is 11.1 Å².